The summed E-state index contributed by atoms with van der Waals surface area (Å²) in [4.78, 5) is 44.3. The number of halogens is 1. The van der Waals surface area contributed by atoms with Gasteiger partial charge in [-0.05, 0) is 60.5 Å². The molecule has 1 aliphatic heterocycles. The quantitative estimate of drug-likeness (QED) is 0.340. The van der Waals surface area contributed by atoms with E-state index in [4.69, 9.17) is 11.5 Å². The molecule has 0 bridgehead atoms. The van der Waals surface area contributed by atoms with Crippen molar-refractivity contribution in [1.82, 2.24) is 19.5 Å². The molecule has 1 saturated carbocycles. The first-order valence-corrected chi connectivity index (χ1v) is 15.3. The van der Waals surface area contributed by atoms with E-state index in [9.17, 15) is 18.8 Å². The third-order valence-electron chi connectivity index (χ3n) is 8.25. The summed E-state index contributed by atoms with van der Waals surface area (Å²) in [7, 11) is 0. The minimum absolute atomic E-state index is 0.00816. The predicted octanol–water partition coefficient (Wildman–Crippen LogP) is 4.26. The van der Waals surface area contributed by atoms with Gasteiger partial charge in [-0.2, -0.15) is 4.37 Å². The number of hydrogen-bond acceptors (Lipinski definition) is 7. The van der Waals surface area contributed by atoms with Gasteiger partial charge in [-0.15, -0.1) is 0 Å². The van der Waals surface area contributed by atoms with Crippen molar-refractivity contribution in [2.75, 3.05) is 18.8 Å². The van der Waals surface area contributed by atoms with Crippen LogP contribution in [0.25, 0.3) is 0 Å². The highest BCUT2D eigenvalue weighted by molar-refractivity contribution is 7.09. The third kappa shape index (κ3) is 6.79. The number of primary amides is 1. The van der Waals surface area contributed by atoms with Gasteiger partial charge in [-0.3, -0.25) is 19.3 Å². The number of likely N-dealkylation sites (tertiary alicyclic amines) is 1. The highest BCUT2D eigenvalue weighted by atomic mass is 32.1. The summed E-state index contributed by atoms with van der Waals surface area (Å²) in [6, 6.07) is 14.6. The molecule has 42 heavy (non-hydrogen) atoms. The topological polar surface area (TPSA) is 135 Å². The number of hydrogen-bond donors (Lipinski definition) is 3. The molecule has 1 atom stereocenters. The molecular formula is C31H37FN6O3S. The van der Waals surface area contributed by atoms with Gasteiger partial charge in [0.05, 0.1) is 5.69 Å². The molecule has 0 radical (unpaired) electrons. The molecule has 9 nitrogen and oxygen atoms in total. The fourth-order valence-electron chi connectivity index (χ4n) is 6.05. The molecular weight excluding hydrogens is 555 g/mol. The van der Waals surface area contributed by atoms with Crippen LogP contribution in [-0.4, -0.2) is 57.1 Å². The van der Waals surface area contributed by atoms with Crippen molar-refractivity contribution < 1.29 is 18.8 Å². The molecule has 11 heteroatoms. The van der Waals surface area contributed by atoms with E-state index >= 15 is 0 Å². The Morgan fingerprint density at radius 1 is 1.00 bits per heavy atom. The van der Waals surface area contributed by atoms with Gasteiger partial charge in [-0.25, -0.2) is 4.39 Å². The number of rotatable bonds is 9. The van der Waals surface area contributed by atoms with E-state index < -0.39 is 23.7 Å². The van der Waals surface area contributed by atoms with Gasteiger partial charge >= 0.3 is 0 Å². The summed E-state index contributed by atoms with van der Waals surface area (Å²) in [5, 5.41) is 3.18. The number of carbonyl (C=O) groups excluding carboxylic acids is 3. The fourth-order valence-corrected chi connectivity index (χ4v) is 6.80. The number of piperidine rings is 1. The van der Waals surface area contributed by atoms with Crippen molar-refractivity contribution in [1.29, 1.82) is 0 Å². The lowest BCUT2D eigenvalue weighted by Crippen LogP contribution is -2.53. The molecule has 5 rings (SSSR count). The van der Waals surface area contributed by atoms with Gasteiger partial charge in [0.1, 0.15) is 16.7 Å². The van der Waals surface area contributed by atoms with Gasteiger partial charge in [0.15, 0.2) is 5.69 Å². The summed E-state index contributed by atoms with van der Waals surface area (Å²) in [6.07, 6.45) is 6.17. The molecule has 3 amide bonds. The van der Waals surface area contributed by atoms with Crippen molar-refractivity contribution in [2.45, 2.75) is 69.6 Å². The van der Waals surface area contributed by atoms with Crippen LogP contribution in [0.2, 0.25) is 0 Å². The molecule has 1 saturated heterocycles. The normalized spacial score (nSPS) is 17.5. The van der Waals surface area contributed by atoms with Crippen molar-refractivity contribution in [3.8, 4) is 0 Å². The van der Waals surface area contributed by atoms with Crippen molar-refractivity contribution in [2.24, 2.45) is 5.73 Å². The van der Waals surface area contributed by atoms with E-state index in [0.29, 0.717) is 31.5 Å². The predicted molar refractivity (Wildman–Crippen MR) is 160 cm³/mol. The molecule has 1 aromatic heterocycles. The van der Waals surface area contributed by atoms with Crippen molar-refractivity contribution >= 4 is 34.9 Å². The number of nitrogens with one attached hydrogen (secondary N) is 1. The Bertz CT molecular complexity index is 1390. The number of nitrogens with zero attached hydrogens (tertiary/aromatic N) is 3. The molecule has 2 aromatic carbocycles. The molecule has 222 valence electrons. The van der Waals surface area contributed by atoms with Crippen LogP contribution in [-0.2, 0) is 11.3 Å². The summed E-state index contributed by atoms with van der Waals surface area (Å²) in [5.41, 5.74) is 13.1. The Balaban J connectivity index is 1.48. The van der Waals surface area contributed by atoms with Crippen LogP contribution in [0.4, 0.5) is 10.1 Å². The first kappa shape index (κ1) is 29.7. The van der Waals surface area contributed by atoms with Crippen LogP contribution in [0, 0.1) is 5.82 Å². The lowest BCUT2D eigenvalue weighted by atomic mass is 9.93. The maximum Gasteiger partial charge on any atom is 0.270 e. The molecule has 0 spiro atoms. The Morgan fingerprint density at radius 3 is 2.29 bits per heavy atom. The zero-order valence-electron chi connectivity index (χ0n) is 23.5. The number of aromatic nitrogens is 1. The second-order valence-corrected chi connectivity index (χ2v) is 11.9. The molecule has 1 aliphatic carbocycles. The summed E-state index contributed by atoms with van der Waals surface area (Å²) in [5.74, 6) is -2.07. The molecule has 5 N–H and O–H groups in total. The van der Waals surface area contributed by atoms with Crippen LogP contribution < -0.4 is 16.8 Å². The standard InChI is InChI=1S/C31H37FN6O3S/c32-22-13-11-21(12-14-22)27(30(40)35-23-9-5-2-6-10-23)38(31(41)28-25(33)26(29(34)39)36-42-28)24-15-17-37(18-16-24)19-20-7-3-1-4-8-20/h1,3-4,7-8,11-14,23-24,27H,2,5-6,9-10,15-19,33H2,(H2,34,39)(H,35,40)/t27-/m0/s1. The number of nitrogen functional groups attached to an aromatic ring is 1. The van der Waals surface area contributed by atoms with Crippen LogP contribution in [0.1, 0.15) is 82.3 Å². The summed E-state index contributed by atoms with van der Waals surface area (Å²) >= 11 is 0.801. The van der Waals surface area contributed by atoms with E-state index in [1.54, 1.807) is 17.0 Å². The molecule has 3 aromatic rings. The largest absolute Gasteiger partial charge is 0.395 e. The first-order chi connectivity index (χ1) is 20.3. The number of amides is 3. The molecule has 2 heterocycles. The minimum Gasteiger partial charge on any atom is -0.395 e. The van der Waals surface area contributed by atoms with Crippen LogP contribution in [0.15, 0.2) is 54.6 Å². The lowest BCUT2D eigenvalue weighted by Gasteiger charge is -2.42. The first-order valence-electron chi connectivity index (χ1n) is 14.5. The van der Waals surface area contributed by atoms with E-state index in [0.717, 1.165) is 50.2 Å². The Kier molecular flexibility index (Phi) is 9.48. The average molecular weight is 593 g/mol. The zero-order valence-corrected chi connectivity index (χ0v) is 24.3. The van der Waals surface area contributed by atoms with Crippen molar-refractivity contribution in [3.05, 3.63) is 82.1 Å². The SMILES string of the molecule is NC(=O)c1nsc(C(=O)N(C2CCN(Cc3ccccc3)CC2)[C@H](C(=O)NC2CCCCC2)c2ccc(F)cc2)c1N. The Labute approximate surface area is 249 Å². The fraction of sp³-hybridized carbons (Fsp3) is 0.419. The molecule has 0 unspecified atom stereocenters. The number of carbonyl (C=O) groups is 3. The lowest BCUT2D eigenvalue weighted by molar-refractivity contribution is -0.128. The molecule has 2 fully saturated rings. The molecule has 2 aliphatic rings. The smallest absolute Gasteiger partial charge is 0.270 e. The van der Waals surface area contributed by atoms with Crippen molar-refractivity contribution in [3.63, 3.8) is 0 Å². The Morgan fingerprint density at radius 2 is 1.67 bits per heavy atom. The van der Waals surface area contributed by atoms with E-state index in [2.05, 4.69) is 26.7 Å². The second kappa shape index (κ2) is 13.4. The number of anilines is 1. The van der Waals surface area contributed by atoms with Gasteiger partial charge in [-0.1, -0.05) is 61.7 Å². The third-order valence-corrected chi connectivity index (χ3v) is 9.10. The highest BCUT2D eigenvalue weighted by Gasteiger charge is 2.40. The van der Waals surface area contributed by atoms with Gasteiger partial charge in [0.2, 0.25) is 5.91 Å². The number of benzene rings is 2. The maximum absolute atomic E-state index is 14.3. The maximum atomic E-state index is 14.3. The summed E-state index contributed by atoms with van der Waals surface area (Å²) in [6.45, 7) is 2.22. The van der Waals surface area contributed by atoms with Gasteiger partial charge in [0.25, 0.3) is 11.8 Å². The average Bonchev–Trinajstić information content (AvgIpc) is 3.39. The zero-order chi connectivity index (χ0) is 29.6. The second-order valence-electron chi connectivity index (χ2n) is 11.1. The summed E-state index contributed by atoms with van der Waals surface area (Å²) < 4.78 is 18.0. The van der Waals surface area contributed by atoms with E-state index in [-0.39, 0.29) is 34.2 Å². The van der Waals surface area contributed by atoms with Gasteiger partial charge in [0, 0.05) is 31.7 Å². The van der Waals surface area contributed by atoms with E-state index in [1.807, 2.05) is 18.2 Å². The van der Waals surface area contributed by atoms with Crippen LogP contribution in [0.5, 0.6) is 0 Å². The monoisotopic (exact) mass is 592 g/mol. The van der Waals surface area contributed by atoms with Crippen LogP contribution >= 0.6 is 11.5 Å². The van der Waals surface area contributed by atoms with Gasteiger partial charge < -0.3 is 21.7 Å². The Hall–Kier alpha value is -3.83. The highest BCUT2D eigenvalue weighted by Crippen LogP contribution is 2.34. The minimum atomic E-state index is -1.02. The number of nitrogens with two attached hydrogens (primary N) is 2. The van der Waals surface area contributed by atoms with E-state index in [1.165, 1.54) is 17.7 Å². The van der Waals surface area contributed by atoms with Crippen LogP contribution in [0.3, 0.4) is 0 Å².